The molecule has 3 rings (SSSR count). The third-order valence-corrected chi connectivity index (χ3v) is 3.69. The first-order valence-corrected chi connectivity index (χ1v) is 7.28. The number of hydrogen-bond acceptors (Lipinski definition) is 4. The summed E-state index contributed by atoms with van der Waals surface area (Å²) >= 11 is 0. The first-order valence-electron chi connectivity index (χ1n) is 7.28. The highest BCUT2D eigenvalue weighted by Gasteiger charge is 2.15. The van der Waals surface area contributed by atoms with Gasteiger partial charge in [-0.25, -0.2) is 0 Å². The van der Waals surface area contributed by atoms with Gasteiger partial charge < -0.3 is 19.8 Å². The molecule has 6 nitrogen and oxygen atoms in total. The first-order chi connectivity index (χ1) is 11.6. The summed E-state index contributed by atoms with van der Waals surface area (Å²) in [7, 11) is 3.04. The second-order valence-corrected chi connectivity index (χ2v) is 5.10. The number of nitrogens with one attached hydrogen (secondary N) is 2. The van der Waals surface area contributed by atoms with Gasteiger partial charge in [-0.3, -0.25) is 9.59 Å². The number of hydrogen-bond donors (Lipinski definition) is 2. The second-order valence-electron chi connectivity index (χ2n) is 5.10. The van der Waals surface area contributed by atoms with Crippen LogP contribution in [0.15, 0.2) is 53.5 Å². The maximum atomic E-state index is 12.5. The number of anilines is 1. The molecule has 0 bridgehead atoms. The van der Waals surface area contributed by atoms with Gasteiger partial charge in [0.25, 0.3) is 5.91 Å². The van der Waals surface area contributed by atoms with Gasteiger partial charge in [0.2, 0.25) is 5.43 Å². The van der Waals surface area contributed by atoms with Crippen LogP contribution in [-0.2, 0) is 0 Å². The number of fused-ring (bicyclic) bond motifs is 1. The van der Waals surface area contributed by atoms with Crippen LogP contribution in [0, 0.1) is 0 Å². The fourth-order valence-electron chi connectivity index (χ4n) is 2.43. The minimum atomic E-state index is -0.509. The van der Waals surface area contributed by atoms with Crippen LogP contribution in [0.25, 0.3) is 10.9 Å². The van der Waals surface area contributed by atoms with Gasteiger partial charge in [0.15, 0.2) is 0 Å². The van der Waals surface area contributed by atoms with Crippen LogP contribution in [0.3, 0.4) is 0 Å². The molecule has 0 atom stereocenters. The van der Waals surface area contributed by atoms with Crippen molar-refractivity contribution < 1.29 is 14.3 Å². The largest absolute Gasteiger partial charge is 0.497 e. The maximum absolute atomic E-state index is 12.5. The molecule has 122 valence electrons. The Morgan fingerprint density at radius 2 is 1.88 bits per heavy atom. The molecule has 24 heavy (non-hydrogen) atoms. The van der Waals surface area contributed by atoms with Gasteiger partial charge in [-0.1, -0.05) is 12.1 Å². The number of para-hydroxylation sites is 1. The lowest BCUT2D eigenvalue weighted by Crippen LogP contribution is -2.22. The molecule has 2 aromatic carbocycles. The fourth-order valence-corrected chi connectivity index (χ4v) is 2.43. The number of amides is 1. The Hall–Kier alpha value is -3.28. The quantitative estimate of drug-likeness (QED) is 0.773. The van der Waals surface area contributed by atoms with Gasteiger partial charge >= 0.3 is 0 Å². The van der Waals surface area contributed by atoms with Crippen LogP contribution in [-0.4, -0.2) is 25.1 Å². The molecular formula is C18H16N2O4. The lowest BCUT2D eigenvalue weighted by atomic mass is 10.1. The molecule has 0 saturated heterocycles. The lowest BCUT2D eigenvalue weighted by molar-refractivity contribution is 0.102. The third kappa shape index (κ3) is 2.81. The van der Waals surface area contributed by atoms with Gasteiger partial charge in [0, 0.05) is 23.2 Å². The van der Waals surface area contributed by atoms with Crippen molar-refractivity contribution in [2.75, 3.05) is 19.5 Å². The number of H-pyrrole nitrogens is 1. The summed E-state index contributed by atoms with van der Waals surface area (Å²) in [6.07, 6.45) is 1.41. The van der Waals surface area contributed by atoms with Crippen molar-refractivity contribution >= 4 is 22.5 Å². The Bertz CT molecular complexity index is 963. The molecule has 1 amide bonds. The third-order valence-electron chi connectivity index (χ3n) is 3.69. The highest BCUT2D eigenvalue weighted by molar-refractivity contribution is 6.06. The topological polar surface area (TPSA) is 80.4 Å². The van der Waals surface area contributed by atoms with Crippen LogP contribution in [0.4, 0.5) is 5.69 Å². The molecule has 3 aromatic rings. The Labute approximate surface area is 138 Å². The van der Waals surface area contributed by atoms with Crippen molar-refractivity contribution in [2.24, 2.45) is 0 Å². The van der Waals surface area contributed by atoms with Crippen LogP contribution in [0.2, 0.25) is 0 Å². The molecule has 0 aliphatic heterocycles. The highest BCUT2D eigenvalue weighted by Crippen LogP contribution is 2.29. The molecular weight excluding hydrogens is 308 g/mol. The fraction of sp³-hybridized carbons (Fsp3) is 0.111. The SMILES string of the molecule is COc1ccc(NC(=O)c2c[nH]c3ccccc3c2=O)c(OC)c1. The minimum absolute atomic E-state index is 0.0339. The molecule has 2 N–H and O–H groups in total. The van der Waals surface area contributed by atoms with Crippen molar-refractivity contribution in [1.29, 1.82) is 0 Å². The summed E-state index contributed by atoms with van der Waals surface area (Å²) in [4.78, 5) is 27.9. The van der Waals surface area contributed by atoms with Gasteiger partial charge in [-0.2, -0.15) is 0 Å². The molecule has 0 radical (unpaired) electrons. The van der Waals surface area contributed by atoms with Crippen LogP contribution in [0.1, 0.15) is 10.4 Å². The van der Waals surface area contributed by atoms with Crippen LogP contribution in [0.5, 0.6) is 11.5 Å². The minimum Gasteiger partial charge on any atom is -0.497 e. The van der Waals surface area contributed by atoms with Crippen molar-refractivity contribution in [2.45, 2.75) is 0 Å². The molecule has 0 unspecified atom stereocenters. The zero-order valence-corrected chi connectivity index (χ0v) is 13.3. The molecule has 1 heterocycles. The Morgan fingerprint density at radius 3 is 2.62 bits per heavy atom. The predicted octanol–water partition coefficient (Wildman–Crippen LogP) is 2.80. The predicted molar refractivity (Wildman–Crippen MR) is 92.1 cm³/mol. The van der Waals surface area contributed by atoms with Crippen LogP contribution < -0.4 is 20.2 Å². The van der Waals surface area contributed by atoms with E-state index in [9.17, 15) is 9.59 Å². The molecule has 0 aliphatic rings. The molecule has 6 heteroatoms. The summed E-state index contributed by atoms with van der Waals surface area (Å²) in [5, 5.41) is 3.16. The monoisotopic (exact) mass is 324 g/mol. The standard InChI is InChI=1S/C18H16N2O4/c1-23-11-7-8-15(16(9-11)24-2)20-18(22)13-10-19-14-6-4-3-5-12(14)17(13)21/h3-10H,1-2H3,(H,19,21)(H,20,22). The Morgan fingerprint density at radius 1 is 1.08 bits per heavy atom. The van der Waals surface area contributed by atoms with E-state index in [1.54, 1.807) is 43.5 Å². The zero-order chi connectivity index (χ0) is 17.1. The number of aromatic nitrogens is 1. The number of carbonyl (C=O) groups excluding carboxylic acids is 1. The van der Waals surface area contributed by atoms with E-state index < -0.39 is 5.91 Å². The van der Waals surface area contributed by atoms with E-state index in [4.69, 9.17) is 9.47 Å². The summed E-state index contributed by atoms with van der Waals surface area (Å²) in [5.74, 6) is 0.541. The van der Waals surface area contributed by atoms with Crippen molar-refractivity contribution in [3.05, 3.63) is 64.4 Å². The number of methoxy groups -OCH3 is 2. The van der Waals surface area contributed by atoms with E-state index in [1.165, 1.54) is 13.3 Å². The summed E-state index contributed by atoms with van der Waals surface area (Å²) < 4.78 is 10.4. The Balaban J connectivity index is 1.96. The summed E-state index contributed by atoms with van der Waals surface area (Å²) in [6.45, 7) is 0. The van der Waals surface area contributed by atoms with E-state index >= 15 is 0 Å². The van der Waals surface area contributed by atoms with E-state index in [1.807, 2.05) is 6.07 Å². The summed E-state index contributed by atoms with van der Waals surface area (Å²) in [5.41, 5.74) is 0.845. The number of aromatic amines is 1. The van der Waals surface area contributed by atoms with E-state index in [2.05, 4.69) is 10.3 Å². The number of benzene rings is 2. The first kappa shape index (κ1) is 15.6. The number of pyridine rings is 1. The number of rotatable bonds is 4. The van der Waals surface area contributed by atoms with Crippen LogP contribution >= 0.6 is 0 Å². The molecule has 1 aromatic heterocycles. The van der Waals surface area contributed by atoms with Gasteiger partial charge in [0.1, 0.15) is 17.1 Å². The molecule has 0 saturated carbocycles. The highest BCUT2D eigenvalue weighted by atomic mass is 16.5. The Kier molecular flexibility index (Phi) is 4.20. The average Bonchev–Trinajstić information content (AvgIpc) is 2.62. The normalized spacial score (nSPS) is 10.4. The van der Waals surface area contributed by atoms with E-state index in [-0.39, 0.29) is 11.0 Å². The lowest BCUT2D eigenvalue weighted by Gasteiger charge is -2.11. The smallest absolute Gasteiger partial charge is 0.261 e. The molecule has 0 fully saturated rings. The summed E-state index contributed by atoms with van der Waals surface area (Å²) in [6, 6.07) is 12.0. The molecule has 0 aliphatic carbocycles. The zero-order valence-electron chi connectivity index (χ0n) is 13.3. The van der Waals surface area contributed by atoms with Crippen molar-refractivity contribution in [3.63, 3.8) is 0 Å². The van der Waals surface area contributed by atoms with E-state index in [0.29, 0.717) is 28.1 Å². The number of carbonyl (C=O) groups is 1. The average molecular weight is 324 g/mol. The maximum Gasteiger partial charge on any atom is 0.261 e. The van der Waals surface area contributed by atoms with Crippen molar-refractivity contribution in [1.82, 2.24) is 4.98 Å². The molecule has 0 spiro atoms. The van der Waals surface area contributed by atoms with E-state index in [0.717, 1.165) is 0 Å². The van der Waals surface area contributed by atoms with Gasteiger partial charge in [-0.05, 0) is 24.3 Å². The second kappa shape index (κ2) is 6.45. The van der Waals surface area contributed by atoms with Gasteiger partial charge in [0.05, 0.1) is 19.9 Å². The van der Waals surface area contributed by atoms with Crippen molar-refractivity contribution in [3.8, 4) is 11.5 Å². The number of ether oxygens (including phenoxy) is 2. The van der Waals surface area contributed by atoms with Gasteiger partial charge in [-0.15, -0.1) is 0 Å².